The van der Waals surface area contributed by atoms with Crippen molar-refractivity contribution in [2.75, 3.05) is 12.4 Å². The van der Waals surface area contributed by atoms with Crippen LogP contribution in [0.3, 0.4) is 0 Å². The van der Waals surface area contributed by atoms with Crippen molar-refractivity contribution in [2.24, 2.45) is 0 Å². The highest BCUT2D eigenvalue weighted by Crippen LogP contribution is 2.43. The number of benzene rings is 2. The number of amides is 2. The minimum Gasteiger partial charge on any atom is -0.494 e. The summed E-state index contributed by atoms with van der Waals surface area (Å²) in [7, 11) is 1.17. The first-order chi connectivity index (χ1) is 14.8. The molecule has 0 saturated carbocycles. The van der Waals surface area contributed by atoms with E-state index in [-0.39, 0.29) is 11.4 Å². The normalized spacial score (nSPS) is 19.3. The molecule has 0 aliphatic heterocycles. The Morgan fingerprint density at radius 3 is 2.41 bits per heavy atom. The summed E-state index contributed by atoms with van der Waals surface area (Å²) >= 11 is 0. The van der Waals surface area contributed by atoms with E-state index in [1.54, 1.807) is 32.9 Å². The van der Waals surface area contributed by atoms with Gasteiger partial charge in [-0.1, -0.05) is 45.0 Å². The van der Waals surface area contributed by atoms with Crippen LogP contribution in [0.5, 0.6) is 5.75 Å². The van der Waals surface area contributed by atoms with Gasteiger partial charge >= 0.3 is 12.2 Å². The lowest BCUT2D eigenvalue weighted by Gasteiger charge is -2.26. The molecule has 9 heteroatoms. The standard InChI is InChI=1S/C23H27F3N2O4/c1-22(2,3)13-10-15(20(30)23(24,25)26)19(32-4)17(11-13)28-21(31)27-16-9-12-7-5-6-8-14(12)18(16)29/h5-8,10-11,16,18,20,29-30H,9H2,1-4H3,(H2,27,28,31)/t16-,18+,20-/m1/s1. The Kier molecular flexibility index (Phi) is 6.44. The fourth-order valence-electron chi connectivity index (χ4n) is 3.82. The predicted molar refractivity (Wildman–Crippen MR) is 114 cm³/mol. The molecule has 3 rings (SSSR count). The fourth-order valence-corrected chi connectivity index (χ4v) is 3.82. The van der Waals surface area contributed by atoms with Crippen LogP contribution in [0.25, 0.3) is 0 Å². The highest BCUT2D eigenvalue weighted by molar-refractivity contribution is 5.92. The van der Waals surface area contributed by atoms with Crippen LogP contribution in [0.1, 0.15) is 55.2 Å². The van der Waals surface area contributed by atoms with Gasteiger partial charge in [-0.2, -0.15) is 13.2 Å². The summed E-state index contributed by atoms with van der Waals surface area (Å²) in [6, 6.07) is 8.72. The maximum atomic E-state index is 13.3. The number of carbonyl (C=O) groups is 1. The number of fused-ring (bicyclic) bond motifs is 1. The summed E-state index contributed by atoms with van der Waals surface area (Å²) in [6.07, 6.45) is -8.18. The quantitative estimate of drug-likeness (QED) is 0.555. The number of aliphatic hydroxyl groups is 2. The number of ether oxygens (including phenoxy) is 1. The van der Waals surface area contributed by atoms with Crippen molar-refractivity contribution in [3.05, 3.63) is 58.7 Å². The third-order valence-electron chi connectivity index (χ3n) is 5.55. The largest absolute Gasteiger partial charge is 0.494 e. The number of halogens is 3. The molecule has 2 amide bonds. The smallest absolute Gasteiger partial charge is 0.418 e. The number of methoxy groups -OCH3 is 1. The van der Waals surface area contributed by atoms with E-state index in [1.807, 2.05) is 12.1 Å². The number of rotatable bonds is 4. The molecule has 0 saturated heterocycles. The Bertz CT molecular complexity index is 1000. The molecule has 3 atom stereocenters. The lowest BCUT2D eigenvalue weighted by Crippen LogP contribution is -2.40. The third kappa shape index (κ3) is 4.83. The SMILES string of the molecule is COc1c(NC(=O)N[C@@H]2Cc3ccccc3[C@@H]2O)cc(C(C)(C)C)cc1[C@@H](O)C(F)(F)F. The summed E-state index contributed by atoms with van der Waals surface area (Å²) in [5, 5.41) is 25.6. The maximum Gasteiger partial charge on any atom is 0.418 e. The Morgan fingerprint density at radius 2 is 1.84 bits per heavy atom. The second-order valence-corrected chi connectivity index (χ2v) is 8.89. The number of hydrogen-bond acceptors (Lipinski definition) is 4. The highest BCUT2D eigenvalue weighted by atomic mass is 19.4. The van der Waals surface area contributed by atoms with Crippen molar-refractivity contribution >= 4 is 11.7 Å². The number of carbonyl (C=O) groups excluding carboxylic acids is 1. The van der Waals surface area contributed by atoms with Crippen LogP contribution in [-0.4, -0.2) is 35.6 Å². The molecule has 1 aliphatic carbocycles. The summed E-state index contributed by atoms with van der Waals surface area (Å²) in [5.74, 6) is -0.284. The first-order valence-electron chi connectivity index (χ1n) is 10.1. The van der Waals surface area contributed by atoms with Crippen LogP contribution in [0, 0.1) is 0 Å². The number of hydrogen-bond donors (Lipinski definition) is 4. The van der Waals surface area contributed by atoms with Gasteiger partial charge in [-0.15, -0.1) is 0 Å². The molecule has 0 heterocycles. The maximum absolute atomic E-state index is 13.3. The third-order valence-corrected chi connectivity index (χ3v) is 5.55. The van der Waals surface area contributed by atoms with E-state index in [0.717, 1.165) is 11.1 Å². The van der Waals surface area contributed by atoms with Crippen molar-refractivity contribution in [3.8, 4) is 5.75 Å². The van der Waals surface area contributed by atoms with Gasteiger partial charge in [-0.3, -0.25) is 0 Å². The van der Waals surface area contributed by atoms with E-state index < -0.39 is 41.4 Å². The average molecular weight is 452 g/mol. The number of alkyl halides is 3. The van der Waals surface area contributed by atoms with Gasteiger partial charge in [0.25, 0.3) is 0 Å². The van der Waals surface area contributed by atoms with Crippen LogP contribution >= 0.6 is 0 Å². The van der Waals surface area contributed by atoms with Gasteiger partial charge in [0.1, 0.15) is 5.75 Å². The molecule has 4 N–H and O–H groups in total. The molecule has 0 unspecified atom stereocenters. The van der Waals surface area contributed by atoms with Gasteiger partial charge in [0.2, 0.25) is 0 Å². The molecule has 0 bridgehead atoms. The number of anilines is 1. The highest BCUT2D eigenvalue weighted by Gasteiger charge is 2.42. The van der Waals surface area contributed by atoms with Gasteiger partial charge in [0.05, 0.1) is 24.9 Å². The zero-order valence-electron chi connectivity index (χ0n) is 18.2. The first-order valence-corrected chi connectivity index (χ1v) is 10.1. The summed E-state index contributed by atoms with van der Waals surface area (Å²) in [6.45, 7) is 5.40. The molecule has 2 aromatic carbocycles. The van der Waals surface area contributed by atoms with E-state index in [1.165, 1.54) is 19.2 Å². The zero-order chi connectivity index (χ0) is 23.8. The van der Waals surface area contributed by atoms with Crippen molar-refractivity contribution in [1.82, 2.24) is 5.32 Å². The van der Waals surface area contributed by atoms with E-state index in [4.69, 9.17) is 4.74 Å². The molecule has 0 aromatic heterocycles. The van der Waals surface area contributed by atoms with Crippen LogP contribution < -0.4 is 15.4 Å². The molecule has 0 spiro atoms. The van der Waals surface area contributed by atoms with E-state index in [0.29, 0.717) is 12.0 Å². The molecule has 6 nitrogen and oxygen atoms in total. The van der Waals surface area contributed by atoms with Gasteiger partial charge in [-0.25, -0.2) is 4.79 Å². The molecule has 0 fully saturated rings. The molecule has 2 aromatic rings. The Morgan fingerprint density at radius 1 is 1.19 bits per heavy atom. The predicted octanol–water partition coefficient (Wildman–Crippen LogP) is 4.37. The van der Waals surface area contributed by atoms with E-state index >= 15 is 0 Å². The van der Waals surface area contributed by atoms with E-state index in [2.05, 4.69) is 10.6 Å². The van der Waals surface area contributed by atoms with E-state index in [9.17, 15) is 28.2 Å². The number of urea groups is 1. The van der Waals surface area contributed by atoms with Gasteiger partial charge in [-0.05, 0) is 40.7 Å². The van der Waals surface area contributed by atoms with Crippen LogP contribution in [-0.2, 0) is 11.8 Å². The minimum atomic E-state index is -4.91. The first kappa shape index (κ1) is 23.9. The van der Waals surface area contributed by atoms with Gasteiger partial charge < -0.3 is 25.6 Å². The van der Waals surface area contributed by atoms with Crippen LogP contribution in [0.2, 0.25) is 0 Å². The minimum absolute atomic E-state index is 0.0132. The summed E-state index contributed by atoms with van der Waals surface area (Å²) in [4.78, 5) is 12.7. The summed E-state index contributed by atoms with van der Waals surface area (Å²) in [5.41, 5.74) is 1.04. The molecular formula is C23H27F3N2O4. The molecular weight excluding hydrogens is 425 g/mol. The second-order valence-electron chi connectivity index (χ2n) is 8.89. The van der Waals surface area contributed by atoms with Crippen LogP contribution in [0.15, 0.2) is 36.4 Å². The Balaban J connectivity index is 1.90. The van der Waals surface area contributed by atoms with Gasteiger partial charge in [0.15, 0.2) is 6.10 Å². The zero-order valence-corrected chi connectivity index (χ0v) is 18.2. The monoisotopic (exact) mass is 452 g/mol. The van der Waals surface area contributed by atoms with Gasteiger partial charge in [0, 0.05) is 5.56 Å². The molecule has 0 radical (unpaired) electrons. The van der Waals surface area contributed by atoms with Crippen LogP contribution in [0.4, 0.5) is 23.7 Å². The number of nitrogens with one attached hydrogen (secondary N) is 2. The molecule has 1 aliphatic rings. The molecule has 32 heavy (non-hydrogen) atoms. The fraction of sp³-hybridized carbons (Fsp3) is 0.435. The Hall–Kier alpha value is -2.78. The lowest BCUT2D eigenvalue weighted by atomic mass is 9.84. The van der Waals surface area contributed by atoms with Crippen molar-refractivity contribution in [3.63, 3.8) is 0 Å². The topological polar surface area (TPSA) is 90.8 Å². The van der Waals surface area contributed by atoms with Crippen molar-refractivity contribution in [1.29, 1.82) is 0 Å². The Labute approximate surface area is 184 Å². The second kappa shape index (κ2) is 8.63. The van der Waals surface area contributed by atoms with Crippen molar-refractivity contribution < 1.29 is 32.9 Å². The summed E-state index contributed by atoms with van der Waals surface area (Å²) < 4.78 is 45.0. The number of aliphatic hydroxyl groups excluding tert-OH is 2. The average Bonchev–Trinajstić information content (AvgIpc) is 3.01. The lowest BCUT2D eigenvalue weighted by molar-refractivity contribution is -0.207. The van der Waals surface area contributed by atoms with Crippen molar-refractivity contribution in [2.45, 2.75) is 57.0 Å². The molecule has 174 valence electrons.